The van der Waals surface area contributed by atoms with E-state index in [1.165, 1.54) is 0 Å². The Labute approximate surface area is 117 Å². The molecular formula is C14H9BrN2O2. The molecule has 2 heterocycles. The first-order valence-electron chi connectivity index (χ1n) is 5.85. The molecule has 1 aromatic heterocycles. The normalized spacial score (nSPS) is 13.1. The summed E-state index contributed by atoms with van der Waals surface area (Å²) in [6.07, 6.45) is 0. The van der Waals surface area contributed by atoms with Crippen molar-refractivity contribution in [2.45, 2.75) is 0 Å². The summed E-state index contributed by atoms with van der Waals surface area (Å²) in [5.41, 5.74) is 2.94. The molecule has 4 nitrogen and oxygen atoms in total. The Hall–Kier alpha value is -2.01. The SMILES string of the molecule is Brc1cccc2c(-c3ccc4c(c3)OCO4)[nH]nc12. The number of hydrogen-bond donors (Lipinski definition) is 1. The first-order valence-corrected chi connectivity index (χ1v) is 6.65. The molecule has 0 atom stereocenters. The van der Waals surface area contributed by atoms with Crippen molar-refractivity contribution in [1.29, 1.82) is 0 Å². The van der Waals surface area contributed by atoms with E-state index in [0.29, 0.717) is 0 Å². The number of aromatic amines is 1. The van der Waals surface area contributed by atoms with Gasteiger partial charge in [-0.3, -0.25) is 5.10 Å². The first-order chi connectivity index (χ1) is 9.33. The minimum absolute atomic E-state index is 0.286. The number of nitrogens with zero attached hydrogens (tertiary/aromatic N) is 1. The van der Waals surface area contributed by atoms with E-state index in [1.54, 1.807) is 0 Å². The highest BCUT2D eigenvalue weighted by Crippen LogP contribution is 2.37. The van der Waals surface area contributed by atoms with Crippen LogP contribution in [-0.4, -0.2) is 17.0 Å². The molecule has 0 amide bonds. The van der Waals surface area contributed by atoms with Crippen LogP contribution in [0.1, 0.15) is 0 Å². The van der Waals surface area contributed by atoms with E-state index in [-0.39, 0.29) is 6.79 Å². The Kier molecular flexibility index (Phi) is 2.29. The quantitative estimate of drug-likeness (QED) is 0.744. The molecule has 0 radical (unpaired) electrons. The monoisotopic (exact) mass is 316 g/mol. The van der Waals surface area contributed by atoms with E-state index in [9.17, 15) is 0 Å². The van der Waals surface area contributed by atoms with Gasteiger partial charge < -0.3 is 9.47 Å². The fourth-order valence-electron chi connectivity index (χ4n) is 2.27. The summed E-state index contributed by atoms with van der Waals surface area (Å²) >= 11 is 3.51. The molecule has 4 rings (SSSR count). The third-order valence-electron chi connectivity index (χ3n) is 3.20. The molecule has 0 fully saturated rings. The Balaban J connectivity index is 1.93. The topological polar surface area (TPSA) is 47.1 Å². The van der Waals surface area contributed by atoms with Crippen molar-refractivity contribution in [3.63, 3.8) is 0 Å². The van der Waals surface area contributed by atoms with E-state index >= 15 is 0 Å². The Morgan fingerprint density at radius 3 is 2.95 bits per heavy atom. The molecule has 1 aliphatic rings. The lowest BCUT2D eigenvalue weighted by Crippen LogP contribution is -1.92. The van der Waals surface area contributed by atoms with Crippen LogP contribution in [0.25, 0.3) is 22.2 Å². The largest absolute Gasteiger partial charge is 0.454 e. The van der Waals surface area contributed by atoms with Crippen molar-refractivity contribution in [2.24, 2.45) is 0 Å². The van der Waals surface area contributed by atoms with E-state index in [0.717, 1.165) is 38.1 Å². The number of para-hydroxylation sites is 1. The van der Waals surface area contributed by atoms with Crippen LogP contribution >= 0.6 is 15.9 Å². The smallest absolute Gasteiger partial charge is 0.231 e. The van der Waals surface area contributed by atoms with Gasteiger partial charge in [0.25, 0.3) is 0 Å². The van der Waals surface area contributed by atoms with Gasteiger partial charge in [-0.2, -0.15) is 5.10 Å². The van der Waals surface area contributed by atoms with Crippen LogP contribution in [0.2, 0.25) is 0 Å². The lowest BCUT2D eigenvalue weighted by atomic mass is 10.1. The summed E-state index contributed by atoms with van der Waals surface area (Å²) in [7, 11) is 0. The predicted molar refractivity (Wildman–Crippen MR) is 75.4 cm³/mol. The van der Waals surface area contributed by atoms with Gasteiger partial charge in [0.15, 0.2) is 11.5 Å². The van der Waals surface area contributed by atoms with Gasteiger partial charge in [-0.25, -0.2) is 0 Å². The van der Waals surface area contributed by atoms with Gasteiger partial charge in [0, 0.05) is 15.4 Å². The minimum atomic E-state index is 0.286. The molecule has 1 N–H and O–H groups in total. The van der Waals surface area contributed by atoms with Crippen LogP contribution in [0.5, 0.6) is 11.5 Å². The number of rotatable bonds is 1. The molecule has 0 unspecified atom stereocenters. The number of benzene rings is 2. The second kappa shape index (κ2) is 3.99. The second-order valence-electron chi connectivity index (χ2n) is 4.30. The van der Waals surface area contributed by atoms with E-state index in [2.05, 4.69) is 26.1 Å². The molecule has 1 aliphatic heterocycles. The molecule has 0 saturated heterocycles. The Morgan fingerprint density at radius 2 is 2.00 bits per heavy atom. The summed E-state index contributed by atoms with van der Waals surface area (Å²) in [4.78, 5) is 0. The molecule has 3 aromatic rings. The summed E-state index contributed by atoms with van der Waals surface area (Å²) in [5.74, 6) is 1.56. The van der Waals surface area contributed by atoms with Gasteiger partial charge in [0.1, 0.15) is 5.52 Å². The van der Waals surface area contributed by atoms with Gasteiger partial charge in [-0.15, -0.1) is 0 Å². The molecule has 94 valence electrons. The van der Waals surface area contributed by atoms with Gasteiger partial charge in [-0.05, 0) is 40.2 Å². The van der Waals surface area contributed by atoms with Gasteiger partial charge in [0.05, 0.1) is 5.69 Å². The van der Waals surface area contributed by atoms with Gasteiger partial charge in [0.2, 0.25) is 6.79 Å². The van der Waals surface area contributed by atoms with Crippen molar-refractivity contribution >= 4 is 26.8 Å². The average molecular weight is 317 g/mol. The molecule has 0 bridgehead atoms. The Morgan fingerprint density at radius 1 is 1.11 bits per heavy atom. The van der Waals surface area contributed by atoms with Crippen LogP contribution in [0.15, 0.2) is 40.9 Å². The third-order valence-corrected chi connectivity index (χ3v) is 3.84. The van der Waals surface area contributed by atoms with Crippen molar-refractivity contribution in [3.05, 3.63) is 40.9 Å². The number of nitrogens with one attached hydrogen (secondary N) is 1. The fraction of sp³-hybridized carbons (Fsp3) is 0.0714. The van der Waals surface area contributed by atoms with E-state index in [1.807, 2.05) is 36.4 Å². The predicted octanol–water partition coefficient (Wildman–Crippen LogP) is 3.72. The van der Waals surface area contributed by atoms with Crippen molar-refractivity contribution < 1.29 is 9.47 Å². The van der Waals surface area contributed by atoms with E-state index in [4.69, 9.17) is 9.47 Å². The highest BCUT2D eigenvalue weighted by molar-refractivity contribution is 9.10. The van der Waals surface area contributed by atoms with Gasteiger partial charge >= 0.3 is 0 Å². The van der Waals surface area contributed by atoms with Crippen LogP contribution in [0.4, 0.5) is 0 Å². The summed E-state index contributed by atoms with van der Waals surface area (Å²) < 4.78 is 11.7. The lowest BCUT2D eigenvalue weighted by Gasteiger charge is -2.01. The van der Waals surface area contributed by atoms with Crippen molar-refractivity contribution in [2.75, 3.05) is 6.79 Å². The number of halogens is 1. The van der Waals surface area contributed by atoms with Crippen LogP contribution in [0, 0.1) is 0 Å². The van der Waals surface area contributed by atoms with Gasteiger partial charge in [-0.1, -0.05) is 12.1 Å². The number of ether oxygens (including phenoxy) is 2. The van der Waals surface area contributed by atoms with E-state index < -0.39 is 0 Å². The zero-order valence-corrected chi connectivity index (χ0v) is 11.4. The lowest BCUT2D eigenvalue weighted by molar-refractivity contribution is 0.174. The molecule has 5 heteroatoms. The van der Waals surface area contributed by atoms with Crippen LogP contribution < -0.4 is 9.47 Å². The van der Waals surface area contributed by atoms with Crippen LogP contribution in [0.3, 0.4) is 0 Å². The fourth-order valence-corrected chi connectivity index (χ4v) is 2.73. The molecule has 2 aromatic carbocycles. The molecule has 19 heavy (non-hydrogen) atoms. The standard InChI is InChI=1S/C14H9BrN2O2/c15-10-3-1-2-9-13(16-17-14(9)10)8-4-5-11-12(6-8)19-7-18-11/h1-6H,7H2,(H,16,17). The maximum Gasteiger partial charge on any atom is 0.231 e. The highest BCUT2D eigenvalue weighted by Gasteiger charge is 2.16. The Bertz CT molecular complexity index is 782. The highest BCUT2D eigenvalue weighted by atomic mass is 79.9. The maximum atomic E-state index is 5.41. The molecule has 0 spiro atoms. The molecular weight excluding hydrogens is 308 g/mol. The molecule has 0 saturated carbocycles. The average Bonchev–Trinajstić information content (AvgIpc) is 3.04. The van der Waals surface area contributed by atoms with Crippen molar-refractivity contribution in [3.8, 4) is 22.8 Å². The summed E-state index contributed by atoms with van der Waals surface area (Å²) in [6, 6.07) is 11.9. The zero-order valence-electron chi connectivity index (χ0n) is 9.81. The molecule has 0 aliphatic carbocycles. The van der Waals surface area contributed by atoms with Crippen molar-refractivity contribution in [1.82, 2.24) is 10.2 Å². The third kappa shape index (κ3) is 1.62. The zero-order chi connectivity index (χ0) is 12.8. The number of H-pyrrole nitrogens is 1. The minimum Gasteiger partial charge on any atom is -0.454 e. The second-order valence-corrected chi connectivity index (χ2v) is 5.16. The first kappa shape index (κ1) is 10.9. The number of hydrogen-bond acceptors (Lipinski definition) is 3. The summed E-state index contributed by atoms with van der Waals surface area (Å²) in [6.45, 7) is 0.286. The summed E-state index contributed by atoms with van der Waals surface area (Å²) in [5, 5.41) is 8.51. The number of fused-ring (bicyclic) bond motifs is 2. The maximum absolute atomic E-state index is 5.41. The van der Waals surface area contributed by atoms with Crippen LogP contribution in [-0.2, 0) is 0 Å². The number of aromatic nitrogens is 2.